The predicted molar refractivity (Wildman–Crippen MR) is 72.6 cm³/mol. The van der Waals surface area contributed by atoms with Crippen LogP contribution in [-0.4, -0.2) is 24.5 Å². The number of rotatable bonds is 4. The average molecular weight is 381 g/mol. The first-order chi connectivity index (χ1) is 9.70. The minimum Gasteiger partial charge on any atom is -0.477 e. The summed E-state index contributed by atoms with van der Waals surface area (Å²) in [6.45, 7) is 0. The van der Waals surface area contributed by atoms with Gasteiger partial charge in [-0.1, -0.05) is 0 Å². The van der Waals surface area contributed by atoms with E-state index >= 15 is 0 Å². The highest BCUT2D eigenvalue weighted by Gasteiger charge is 2.20. The summed E-state index contributed by atoms with van der Waals surface area (Å²) in [5.41, 5.74) is -0.808. The Morgan fingerprint density at radius 1 is 1.24 bits per heavy atom. The van der Waals surface area contributed by atoms with Gasteiger partial charge in [-0.05, 0) is 28.1 Å². The summed E-state index contributed by atoms with van der Waals surface area (Å²) in [5, 5.41) is 8.71. The third-order valence-corrected chi connectivity index (χ3v) is 4.40. The zero-order valence-electron chi connectivity index (χ0n) is 10.0. The van der Waals surface area contributed by atoms with E-state index in [0.717, 1.165) is 18.3 Å². The molecule has 0 fully saturated rings. The molecule has 0 radical (unpaired) electrons. The van der Waals surface area contributed by atoms with Gasteiger partial charge >= 0.3 is 5.97 Å². The monoisotopic (exact) mass is 380 g/mol. The van der Waals surface area contributed by atoms with Crippen LogP contribution in [0.4, 0.5) is 14.5 Å². The molecule has 21 heavy (non-hydrogen) atoms. The summed E-state index contributed by atoms with van der Waals surface area (Å²) in [6, 6.07) is 2.32. The van der Waals surface area contributed by atoms with Crippen molar-refractivity contribution in [3.8, 4) is 0 Å². The number of nitrogens with one attached hydrogen (secondary N) is 2. The average Bonchev–Trinajstić information content (AvgIpc) is 2.86. The molecule has 0 aliphatic rings. The van der Waals surface area contributed by atoms with E-state index in [0.29, 0.717) is 6.07 Å². The molecule has 2 aromatic rings. The number of hydrogen-bond donors (Lipinski definition) is 3. The van der Waals surface area contributed by atoms with Crippen LogP contribution in [0.3, 0.4) is 0 Å². The first-order valence-electron chi connectivity index (χ1n) is 5.30. The molecular formula is C11H7BrF2N2O4S. The summed E-state index contributed by atoms with van der Waals surface area (Å²) >= 11 is 2.81. The molecule has 0 aliphatic carbocycles. The second-order valence-corrected chi connectivity index (χ2v) is 6.44. The van der Waals surface area contributed by atoms with E-state index in [-0.39, 0.29) is 15.1 Å². The molecule has 0 atom stereocenters. The Kier molecular flexibility index (Phi) is 4.01. The van der Waals surface area contributed by atoms with Gasteiger partial charge in [0.1, 0.15) is 22.2 Å². The van der Waals surface area contributed by atoms with Crippen LogP contribution in [0.5, 0.6) is 0 Å². The van der Waals surface area contributed by atoms with Gasteiger partial charge in [-0.15, -0.1) is 0 Å². The summed E-state index contributed by atoms with van der Waals surface area (Å²) in [4.78, 5) is 12.5. The fourth-order valence-corrected chi connectivity index (χ4v) is 2.85. The zero-order chi connectivity index (χ0) is 15.8. The number of sulfonamides is 1. The number of carbonyl (C=O) groups is 1. The van der Waals surface area contributed by atoms with Crippen molar-refractivity contribution in [2.24, 2.45) is 0 Å². The fraction of sp³-hybridized carbons (Fsp3) is 0. The van der Waals surface area contributed by atoms with Gasteiger partial charge in [0.2, 0.25) is 0 Å². The minimum atomic E-state index is -4.21. The highest BCUT2D eigenvalue weighted by atomic mass is 79.9. The number of carboxylic acid groups (broad SMARTS) is 1. The van der Waals surface area contributed by atoms with Crippen LogP contribution in [-0.2, 0) is 10.0 Å². The molecule has 0 saturated carbocycles. The van der Waals surface area contributed by atoms with Gasteiger partial charge in [0.15, 0.2) is 0 Å². The number of halogens is 3. The number of hydrogen-bond acceptors (Lipinski definition) is 3. The number of aromatic amines is 1. The lowest BCUT2D eigenvalue weighted by Crippen LogP contribution is -2.13. The van der Waals surface area contributed by atoms with E-state index in [1.165, 1.54) is 0 Å². The SMILES string of the molecule is O=C(O)c1cc(S(=O)(=O)Nc2cc(Br)c(F)cc2F)c[nH]1. The van der Waals surface area contributed by atoms with Crippen LogP contribution < -0.4 is 4.72 Å². The Hall–Kier alpha value is -1.94. The van der Waals surface area contributed by atoms with Gasteiger partial charge in [0, 0.05) is 12.3 Å². The molecule has 0 spiro atoms. The van der Waals surface area contributed by atoms with Gasteiger partial charge in [0.25, 0.3) is 10.0 Å². The molecule has 1 aromatic carbocycles. The van der Waals surface area contributed by atoms with Crippen LogP contribution >= 0.6 is 15.9 Å². The van der Waals surface area contributed by atoms with Gasteiger partial charge in [-0.2, -0.15) is 0 Å². The molecule has 1 heterocycles. The van der Waals surface area contributed by atoms with Gasteiger partial charge in [-0.3, -0.25) is 4.72 Å². The highest BCUT2D eigenvalue weighted by Crippen LogP contribution is 2.26. The number of H-pyrrole nitrogens is 1. The van der Waals surface area contributed by atoms with Crippen molar-refractivity contribution < 1.29 is 27.1 Å². The van der Waals surface area contributed by atoms with Crippen molar-refractivity contribution in [1.29, 1.82) is 0 Å². The van der Waals surface area contributed by atoms with Crippen molar-refractivity contribution in [1.82, 2.24) is 4.98 Å². The van der Waals surface area contributed by atoms with Crippen LogP contribution in [0.15, 0.2) is 33.8 Å². The van der Waals surface area contributed by atoms with Gasteiger partial charge in [0.05, 0.1) is 10.2 Å². The molecule has 112 valence electrons. The van der Waals surface area contributed by atoms with E-state index < -0.39 is 33.3 Å². The Morgan fingerprint density at radius 2 is 1.90 bits per heavy atom. The third-order valence-electron chi connectivity index (χ3n) is 2.45. The first-order valence-corrected chi connectivity index (χ1v) is 7.57. The standard InChI is InChI=1S/C11H7BrF2N2O4S/c12-6-2-9(8(14)3-7(6)13)16-21(19,20)5-1-10(11(17)18)15-4-5/h1-4,15-16H,(H,17,18). The van der Waals surface area contributed by atoms with Gasteiger partial charge in [-0.25, -0.2) is 22.0 Å². The van der Waals surface area contributed by atoms with Crippen LogP contribution in [0.1, 0.15) is 10.5 Å². The topological polar surface area (TPSA) is 99.3 Å². The highest BCUT2D eigenvalue weighted by molar-refractivity contribution is 9.10. The Labute approximate surface area is 126 Å². The maximum Gasteiger partial charge on any atom is 0.352 e. The van der Waals surface area contributed by atoms with E-state index in [1.54, 1.807) is 0 Å². The Morgan fingerprint density at radius 3 is 2.48 bits per heavy atom. The Bertz CT molecular complexity index is 820. The van der Waals surface area contributed by atoms with Crippen LogP contribution in [0, 0.1) is 11.6 Å². The van der Waals surface area contributed by atoms with Crippen LogP contribution in [0.2, 0.25) is 0 Å². The molecule has 0 unspecified atom stereocenters. The quantitative estimate of drug-likeness (QED) is 0.709. The molecule has 0 saturated heterocycles. The van der Waals surface area contributed by atoms with Crippen LogP contribution in [0.25, 0.3) is 0 Å². The molecule has 6 nitrogen and oxygen atoms in total. The molecule has 0 amide bonds. The second kappa shape index (κ2) is 5.45. The number of carboxylic acids is 1. The molecular weight excluding hydrogens is 374 g/mol. The molecule has 3 N–H and O–H groups in total. The molecule has 2 rings (SSSR count). The van der Waals surface area contributed by atoms with Crippen molar-refractivity contribution in [3.63, 3.8) is 0 Å². The van der Waals surface area contributed by atoms with Crippen molar-refractivity contribution >= 4 is 37.6 Å². The molecule has 1 aromatic heterocycles. The van der Waals surface area contributed by atoms with Crippen molar-refractivity contribution in [2.75, 3.05) is 4.72 Å². The van der Waals surface area contributed by atoms with E-state index in [9.17, 15) is 22.0 Å². The Balaban J connectivity index is 2.37. The summed E-state index contributed by atoms with van der Waals surface area (Å²) in [5.74, 6) is -3.33. The molecule has 0 aliphatic heterocycles. The lowest BCUT2D eigenvalue weighted by Gasteiger charge is -2.08. The second-order valence-electron chi connectivity index (χ2n) is 3.91. The lowest BCUT2D eigenvalue weighted by atomic mass is 10.3. The van der Waals surface area contributed by atoms with Crippen molar-refractivity contribution in [2.45, 2.75) is 4.90 Å². The first kappa shape index (κ1) is 15.4. The largest absolute Gasteiger partial charge is 0.477 e. The fourth-order valence-electron chi connectivity index (χ4n) is 1.46. The maximum atomic E-state index is 13.5. The summed E-state index contributed by atoms with van der Waals surface area (Å²) in [7, 11) is -4.21. The van der Waals surface area contributed by atoms with E-state index in [1.807, 2.05) is 4.72 Å². The number of aromatic carboxylic acids is 1. The predicted octanol–water partition coefficient (Wildman–Crippen LogP) is 2.55. The summed E-state index contributed by atoms with van der Waals surface area (Å²) < 4.78 is 52.4. The number of anilines is 1. The lowest BCUT2D eigenvalue weighted by molar-refractivity contribution is 0.0691. The van der Waals surface area contributed by atoms with E-state index in [4.69, 9.17) is 5.11 Å². The summed E-state index contributed by atoms with van der Waals surface area (Å²) in [6.07, 6.45) is 0.947. The normalized spacial score (nSPS) is 11.4. The third kappa shape index (κ3) is 3.22. The van der Waals surface area contributed by atoms with E-state index in [2.05, 4.69) is 20.9 Å². The van der Waals surface area contributed by atoms with Crippen molar-refractivity contribution in [3.05, 3.63) is 46.2 Å². The minimum absolute atomic E-state index is 0.123. The molecule has 0 bridgehead atoms. The smallest absolute Gasteiger partial charge is 0.352 e. The zero-order valence-corrected chi connectivity index (χ0v) is 12.4. The maximum absolute atomic E-state index is 13.5. The van der Waals surface area contributed by atoms with Gasteiger partial charge < -0.3 is 10.1 Å². The number of benzene rings is 1. The molecule has 10 heteroatoms. The number of aromatic nitrogens is 1.